The van der Waals surface area contributed by atoms with Gasteiger partial charge in [-0.05, 0) is 35.1 Å². The number of aliphatic carboxylic acids is 1. The molecule has 1 atom stereocenters. The molecule has 1 saturated carbocycles. The Kier molecular flexibility index (Phi) is 7.70. The van der Waals surface area contributed by atoms with Crippen molar-refractivity contribution in [3.63, 3.8) is 0 Å². The third-order valence-corrected chi connectivity index (χ3v) is 7.01. The lowest BCUT2D eigenvalue weighted by molar-refractivity contribution is -0.149. The average molecular weight is 481 g/mol. The number of benzene rings is 2. The van der Waals surface area contributed by atoms with Gasteiger partial charge in [-0.3, -0.25) is 4.79 Å². The maximum absolute atomic E-state index is 13.0. The molecule has 8 heteroatoms. The molecule has 35 heavy (non-hydrogen) atoms. The third-order valence-electron chi connectivity index (χ3n) is 7.01. The normalized spacial score (nSPS) is 17.4. The molecule has 2 aromatic carbocycles. The molecule has 0 heterocycles. The van der Waals surface area contributed by atoms with E-state index in [1.807, 2.05) is 36.4 Å². The summed E-state index contributed by atoms with van der Waals surface area (Å²) < 4.78 is 10.7. The molecule has 2 aliphatic rings. The fraction of sp³-hybridized carbons (Fsp3) is 0.444. The number of carbonyl (C=O) groups is 3. The van der Waals surface area contributed by atoms with Crippen LogP contribution >= 0.6 is 0 Å². The van der Waals surface area contributed by atoms with Crippen LogP contribution in [0.2, 0.25) is 0 Å². The Labute approximate surface area is 205 Å². The van der Waals surface area contributed by atoms with Crippen LogP contribution in [0.25, 0.3) is 11.1 Å². The van der Waals surface area contributed by atoms with Crippen molar-refractivity contribution in [2.24, 2.45) is 0 Å². The van der Waals surface area contributed by atoms with E-state index in [1.165, 1.54) is 7.11 Å². The molecule has 0 unspecified atom stereocenters. The standard InChI is InChI=1S/C27H32N2O6/c1-34-17-23(24(30)29-27(25(31)32)14-8-2-3-9-15-27)28-26(33)35-16-22-20-12-6-4-10-18(20)19-11-5-7-13-21(19)22/h4-7,10-13,22-23H,2-3,8-9,14-17H2,1H3,(H,28,33)(H,29,30)(H,31,32)/t23-/m0/s1. The van der Waals surface area contributed by atoms with E-state index < -0.39 is 29.6 Å². The Morgan fingerprint density at radius 3 is 2.09 bits per heavy atom. The van der Waals surface area contributed by atoms with E-state index in [0.717, 1.165) is 47.9 Å². The number of nitrogens with one attached hydrogen (secondary N) is 2. The first kappa shape index (κ1) is 24.7. The van der Waals surface area contributed by atoms with Gasteiger partial charge in [-0.1, -0.05) is 74.2 Å². The predicted molar refractivity (Wildman–Crippen MR) is 130 cm³/mol. The number of carbonyl (C=O) groups excluding carboxylic acids is 2. The molecule has 0 aliphatic heterocycles. The second-order valence-corrected chi connectivity index (χ2v) is 9.27. The van der Waals surface area contributed by atoms with Crippen molar-refractivity contribution in [2.45, 2.75) is 56.0 Å². The van der Waals surface area contributed by atoms with Crippen LogP contribution in [-0.4, -0.2) is 55.0 Å². The number of methoxy groups -OCH3 is 1. The summed E-state index contributed by atoms with van der Waals surface area (Å²) in [5.74, 6) is -1.75. The van der Waals surface area contributed by atoms with Gasteiger partial charge in [0.2, 0.25) is 5.91 Å². The summed E-state index contributed by atoms with van der Waals surface area (Å²) in [6.07, 6.45) is 3.28. The molecule has 3 N–H and O–H groups in total. The van der Waals surface area contributed by atoms with Gasteiger partial charge in [0, 0.05) is 13.0 Å². The van der Waals surface area contributed by atoms with Gasteiger partial charge in [-0.25, -0.2) is 9.59 Å². The van der Waals surface area contributed by atoms with E-state index in [4.69, 9.17) is 9.47 Å². The minimum atomic E-state index is -1.33. The maximum Gasteiger partial charge on any atom is 0.407 e. The number of hydrogen-bond acceptors (Lipinski definition) is 5. The van der Waals surface area contributed by atoms with Crippen LogP contribution in [0.1, 0.15) is 55.6 Å². The highest BCUT2D eigenvalue weighted by Gasteiger charge is 2.41. The second-order valence-electron chi connectivity index (χ2n) is 9.27. The summed E-state index contributed by atoms with van der Waals surface area (Å²) in [6.45, 7) is 0.00592. The van der Waals surface area contributed by atoms with Gasteiger partial charge < -0.3 is 25.2 Å². The number of amides is 2. The SMILES string of the molecule is COC[C@H](NC(=O)OCC1c2ccccc2-c2ccccc21)C(=O)NC1(C(=O)O)CCCCCC1. The number of carboxylic acid groups (broad SMARTS) is 1. The van der Waals surface area contributed by atoms with Crippen LogP contribution in [0.4, 0.5) is 4.79 Å². The van der Waals surface area contributed by atoms with Crippen LogP contribution in [0.15, 0.2) is 48.5 Å². The molecule has 2 amide bonds. The van der Waals surface area contributed by atoms with Crippen molar-refractivity contribution in [1.29, 1.82) is 0 Å². The molecule has 0 radical (unpaired) electrons. The fourth-order valence-electron chi connectivity index (χ4n) is 5.18. The number of carboxylic acids is 1. The molecular weight excluding hydrogens is 448 g/mol. The highest BCUT2D eigenvalue weighted by atomic mass is 16.5. The minimum absolute atomic E-state index is 0.105. The largest absolute Gasteiger partial charge is 0.480 e. The molecule has 0 bridgehead atoms. The smallest absolute Gasteiger partial charge is 0.407 e. The van der Waals surface area contributed by atoms with Gasteiger partial charge in [0.1, 0.15) is 18.2 Å². The number of hydrogen-bond donors (Lipinski definition) is 3. The highest BCUT2D eigenvalue weighted by Crippen LogP contribution is 2.44. The Morgan fingerprint density at radius 2 is 1.54 bits per heavy atom. The number of alkyl carbamates (subject to hydrolysis) is 1. The molecular formula is C27H32N2O6. The second kappa shape index (κ2) is 10.9. The van der Waals surface area contributed by atoms with Crippen LogP contribution in [-0.2, 0) is 19.1 Å². The number of rotatable bonds is 8. The zero-order valence-electron chi connectivity index (χ0n) is 19.9. The van der Waals surface area contributed by atoms with Crippen LogP contribution in [0, 0.1) is 0 Å². The lowest BCUT2D eigenvalue weighted by atomic mass is 9.90. The first-order valence-corrected chi connectivity index (χ1v) is 12.1. The van der Waals surface area contributed by atoms with Crippen LogP contribution in [0.3, 0.4) is 0 Å². The number of ether oxygens (including phenoxy) is 2. The molecule has 2 aromatic rings. The Morgan fingerprint density at radius 1 is 0.971 bits per heavy atom. The highest BCUT2D eigenvalue weighted by molar-refractivity contribution is 5.91. The lowest BCUT2D eigenvalue weighted by Gasteiger charge is -2.31. The topological polar surface area (TPSA) is 114 Å². The summed E-state index contributed by atoms with van der Waals surface area (Å²) in [7, 11) is 1.41. The molecule has 4 rings (SSSR count). The summed E-state index contributed by atoms with van der Waals surface area (Å²) in [4.78, 5) is 37.8. The van der Waals surface area contributed by atoms with Gasteiger partial charge in [0.15, 0.2) is 0 Å². The predicted octanol–water partition coefficient (Wildman–Crippen LogP) is 3.83. The van der Waals surface area contributed by atoms with Crippen LogP contribution < -0.4 is 10.6 Å². The van der Waals surface area contributed by atoms with Crippen molar-refractivity contribution in [3.05, 3.63) is 59.7 Å². The minimum Gasteiger partial charge on any atom is -0.480 e. The van der Waals surface area contributed by atoms with E-state index in [-0.39, 0.29) is 19.1 Å². The fourth-order valence-corrected chi connectivity index (χ4v) is 5.18. The van der Waals surface area contributed by atoms with Gasteiger partial charge in [-0.15, -0.1) is 0 Å². The third kappa shape index (κ3) is 5.32. The molecule has 8 nitrogen and oxygen atoms in total. The van der Waals surface area contributed by atoms with Crippen molar-refractivity contribution >= 4 is 18.0 Å². The lowest BCUT2D eigenvalue weighted by Crippen LogP contribution is -2.60. The van der Waals surface area contributed by atoms with E-state index in [9.17, 15) is 19.5 Å². The average Bonchev–Trinajstić information content (AvgIpc) is 2.98. The zero-order valence-corrected chi connectivity index (χ0v) is 19.9. The van der Waals surface area contributed by atoms with Crippen molar-refractivity contribution in [1.82, 2.24) is 10.6 Å². The molecule has 2 aliphatic carbocycles. The summed E-state index contributed by atoms with van der Waals surface area (Å²) in [6, 6.07) is 15.0. The van der Waals surface area contributed by atoms with Gasteiger partial charge in [0.25, 0.3) is 0 Å². The monoisotopic (exact) mass is 480 g/mol. The molecule has 0 aromatic heterocycles. The molecule has 1 fully saturated rings. The van der Waals surface area contributed by atoms with E-state index in [1.54, 1.807) is 0 Å². The Balaban J connectivity index is 1.41. The first-order valence-electron chi connectivity index (χ1n) is 12.1. The van der Waals surface area contributed by atoms with Crippen molar-refractivity contribution < 1.29 is 29.0 Å². The molecule has 0 saturated heterocycles. The maximum atomic E-state index is 13.0. The Hall–Kier alpha value is -3.39. The summed E-state index contributed by atoms with van der Waals surface area (Å²) >= 11 is 0. The van der Waals surface area contributed by atoms with Crippen LogP contribution in [0.5, 0.6) is 0 Å². The molecule has 186 valence electrons. The Bertz CT molecular complexity index is 1030. The van der Waals surface area contributed by atoms with Gasteiger partial charge in [-0.2, -0.15) is 0 Å². The van der Waals surface area contributed by atoms with Crippen molar-refractivity contribution in [3.8, 4) is 11.1 Å². The first-order chi connectivity index (χ1) is 16.9. The summed E-state index contributed by atoms with van der Waals surface area (Å²) in [5, 5.41) is 15.1. The van der Waals surface area contributed by atoms with Gasteiger partial charge >= 0.3 is 12.1 Å². The van der Waals surface area contributed by atoms with E-state index in [0.29, 0.717) is 12.8 Å². The quantitative estimate of drug-likeness (QED) is 0.495. The van der Waals surface area contributed by atoms with Crippen molar-refractivity contribution in [2.75, 3.05) is 20.3 Å². The van der Waals surface area contributed by atoms with E-state index >= 15 is 0 Å². The van der Waals surface area contributed by atoms with Gasteiger partial charge in [0.05, 0.1) is 6.61 Å². The number of fused-ring (bicyclic) bond motifs is 3. The summed E-state index contributed by atoms with van der Waals surface area (Å²) in [5.41, 5.74) is 3.09. The zero-order chi connectivity index (χ0) is 24.8. The molecule has 0 spiro atoms. The van der Waals surface area contributed by atoms with E-state index in [2.05, 4.69) is 22.8 Å².